The van der Waals surface area contributed by atoms with Crippen LogP contribution in [0.15, 0.2) is 18.2 Å². The molecule has 6 heteroatoms. The first kappa shape index (κ1) is 14.4. The minimum Gasteiger partial charge on any atom is -0.323 e. The highest BCUT2D eigenvalue weighted by atomic mass is 35.5. The van der Waals surface area contributed by atoms with Crippen LogP contribution in [-0.4, -0.2) is 9.59 Å². The number of hydrogen-bond donors (Lipinski definition) is 1. The van der Waals surface area contributed by atoms with Crippen molar-refractivity contribution in [3.05, 3.63) is 45.2 Å². The molecule has 0 amide bonds. The number of hydrogen-bond acceptors (Lipinski definition) is 4. The fraction of sp³-hybridized carbons (Fsp3) is 0.385. The van der Waals surface area contributed by atoms with Gasteiger partial charge in [0.1, 0.15) is 5.82 Å². The van der Waals surface area contributed by atoms with Crippen molar-refractivity contribution in [3.8, 4) is 0 Å². The van der Waals surface area contributed by atoms with E-state index >= 15 is 0 Å². The summed E-state index contributed by atoms with van der Waals surface area (Å²) in [7, 11) is 0. The topological polar surface area (TPSA) is 51.8 Å². The lowest BCUT2D eigenvalue weighted by Crippen LogP contribution is -2.15. The Balaban J connectivity index is 2.26. The number of rotatable bonds is 4. The van der Waals surface area contributed by atoms with Crippen molar-refractivity contribution < 1.29 is 4.39 Å². The van der Waals surface area contributed by atoms with E-state index in [9.17, 15) is 4.39 Å². The van der Waals surface area contributed by atoms with E-state index in [1.54, 1.807) is 12.1 Å². The molecule has 0 bridgehead atoms. The summed E-state index contributed by atoms with van der Waals surface area (Å²) < 4.78 is 17.7. The summed E-state index contributed by atoms with van der Waals surface area (Å²) in [6.45, 7) is 4.06. The molecule has 102 valence electrons. The minimum absolute atomic E-state index is 0.246. The highest BCUT2D eigenvalue weighted by Gasteiger charge is 2.20. The molecule has 0 radical (unpaired) electrons. The Morgan fingerprint density at radius 1 is 1.42 bits per heavy atom. The summed E-state index contributed by atoms with van der Waals surface area (Å²) in [4.78, 5) is 0.898. The third kappa shape index (κ3) is 3.11. The van der Waals surface area contributed by atoms with Crippen LogP contribution < -0.4 is 5.73 Å². The van der Waals surface area contributed by atoms with Gasteiger partial charge in [0, 0.05) is 16.6 Å². The Labute approximate surface area is 120 Å². The summed E-state index contributed by atoms with van der Waals surface area (Å²) in [5.41, 5.74) is 7.48. The van der Waals surface area contributed by atoms with Crippen LogP contribution >= 0.6 is 23.1 Å². The van der Waals surface area contributed by atoms with Crippen molar-refractivity contribution in [1.29, 1.82) is 0 Å². The lowest BCUT2D eigenvalue weighted by Gasteiger charge is -2.13. The average Bonchev–Trinajstić information content (AvgIpc) is 2.83. The van der Waals surface area contributed by atoms with Gasteiger partial charge in [-0.3, -0.25) is 0 Å². The molecule has 0 spiro atoms. The van der Waals surface area contributed by atoms with E-state index in [2.05, 4.69) is 9.59 Å². The van der Waals surface area contributed by atoms with Gasteiger partial charge in [-0.25, -0.2) is 4.39 Å². The first-order valence-corrected chi connectivity index (χ1v) is 7.16. The van der Waals surface area contributed by atoms with Gasteiger partial charge < -0.3 is 5.73 Å². The molecule has 2 N–H and O–H groups in total. The number of halogens is 2. The molecule has 1 unspecified atom stereocenters. The second-order valence-corrected chi connectivity index (χ2v) is 5.88. The molecule has 0 aliphatic carbocycles. The van der Waals surface area contributed by atoms with Crippen LogP contribution in [-0.2, 0) is 6.42 Å². The predicted octanol–water partition coefficient (Wildman–Crippen LogP) is 3.70. The summed E-state index contributed by atoms with van der Waals surface area (Å²) in [5.74, 6) is -0.0811. The zero-order chi connectivity index (χ0) is 14.0. The van der Waals surface area contributed by atoms with Crippen LogP contribution in [0.4, 0.5) is 4.39 Å². The number of benzene rings is 1. The summed E-state index contributed by atoms with van der Waals surface area (Å²) >= 11 is 7.28. The van der Waals surface area contributed by atoms with Crippen molar-refractivity contribution in [1.82, 2.24) is 9.59 Å². The van der Waals surface area contributed by atoms with Gasteiger partial charge in [0.05, 0.1) is 10.6 Å². The Morgan fingerprint density at radius 2 is 2.16 bits per heavy atom. The molecular weight excluding hydrogens is 285 g/mol. The third-order valence-corrected chi connectivity index (χ3v) is 4.14. The van der Waals surface area contributed by atoms with Gasteiger partial charge in [-0.1, -0.05) is 36.0 Å². The normalized spacial score (nSPS) is 12.9. The Bertz CT molecular complexity index is 551. The van der Waals surface area contributed by atoms with Crippen LogP contribution in [0.25, 0.3) is 0 Å². The van der Waals surface area contributed by atoms with E-state index in [1.807, 2.05) is 13.8 Å². The standard InChI is InChI=1S/C13H15ClFN3S/c1-7(2)12-13(19-18-17-12)11(16)6-8-9(14)4-3-5-10(8)15/h3-5,7,11H,6,16H2,1-2H3. The van der Waals surface area contributed by atoms with E-state index in [4.69, 9.17) is 17.3 Å². The largest absolute Gasteiger partial charge is 0.323 e. The maximum atomic E-state index is 13.7. The fourth-order valence-corrected chi connectivity index (χ4v) is 2.95. The van der Waals surface area contributed by atoms with Gasteiger partial charge in [0.25, 0.3) is 0 Å². The first-order valence-electron chi connectivity index (χ1n) is 6.01. The third-order valence-electron chi connectivity index (χ3n) is 2.91. The SMILES string of the molecule is CC(C)c1nnsc1C(N)Cc1c(F)cccc1Cl. The summed E-state index contributed by atoms with van der Waals surface area (Å²) in [5, 5.41) is 4.49. The molecule has 1 atom stereocenters. The molecular formula is C13H15ClFN3S. The minimum atomic E-state index is -0.341. The lowest BCUT2D eigenvalue weighted by atomic mass is 10.0. The van der Waals surface area contributed by atoms with Crippen molar-refractivity contribution in [2.75, 3.05) is 0 Å². The monoisotopic (exact) mass is 299 g/mol. The van der Waals surface area contributed by atoms with Crippen LogP contribution in [0.1, 0.15) is 41.9 Å². The van der Waals surface area contributed by atoms with Crippen molar-refractivity contribution in [3.63, 3.8) is 0 Å². The predicted molar refractivity (Wildman–Crippen MR) is 76.0 cm³/mol. The zero-order valence-corrected chi connectivity index (χ0v) is 12.3. The van der Waals surface area contributed by atoms with E-state index < -0.39 is 0 Å². The van der Waals surface area contributed by atoms with Crippen molar-refractivity contribution in [2.45, 2.75) is 32.2 Å². The van der Waals surface area contributed by atoms with Gasteiger partial charge in [0.2, 0.25) is 0 Å². The highest BCUT2D eigenvalue weighted by Crippen LogP contribution is 2.29. The quantitative estimate of drug-likeness (QED) is 0.936. The molecule has 0 fully saturated rings. The van der Waals surface area contributed by atoms with Crippen molar-refractivity contribution in [2.24, 2.45) is 5.73 Å². The van der Waals surface area contributed by atoms with E-state index in [-0.39, 0.29) is 17.8 Å². The summed E-state index contributed by atoms with van der Waals surface area (Å²) in [6.07, 6.45) is 0.342. The van der Waals surface area contributed by atoms with Gasteiger partial charge >= 0.3 is 0 Å². The summed E-state index contributed by atoms with van der Waals surface area (Å²) in [6, 6.07) is 4.30. The first-order chi connectivity index (χ1) is 9.00. The molecule has 19 heavy (non-hydrogen) atoms. The maximum Gasteiger partial charge on any atom is 0.127 e. The van der Waals surface area contributed by atoms with Gasteiger partial charge in [-0.2, -0.15) is 0 Å². The molecule has 3 nitrogen and oxygen atoms in total. The Kier molecular flexibility index (Phi) is 4.50. The average molecular weight is 300 g/mol. The molecule has 1 aromatic carbocycles. The lowest BCUT2D eigenvalue weighted by molar-refractivity contribution is 0.593. The van der Waals surface area contributed by atoms with E-state index in [1.165, 1.54) is 17.6 Å². The molecule has 0 saturated heterocycles. The molecule has 1 aromatic heterocycles. The zero-order valence-electron chi connectivity index (χ0n) is 10.7. The Morgan fingerprint density at radius 3 is 2.79 bits per heavy atom. The number of nitrogens with two attached hydrogens (primary N) is 1. The van der Waals surface area contributed by atoms with Crippen LogP contribution in [0.5, 0.6) is 0 Å². The molecule has 0 aliphatic rings. The molecule has 0 aliphatic heterocycles. The highest BCUT2D eigenvalue weighted by molar-refractivity contribution is 7.05. The van der Waals surface area contributed by atoms with E-state index in [0.29, 0.717) is 17.0 Å². The molecule has 2 aromatic rings. The fourth-order valence-electron chi connectivity index (χ4n) is 1.90. The van der Waals surface area contributed by atoms with Gasteiger partial charge in [0.15, 0.2) is 0 Å². The second-order valence-electron chi connectivity index (χ2n) is 4.69. The number of aromatic nitrogens is 2. The van der Waals surface area contributed by atoms with Crippen LogP contribution in [0, 0.1) is 5.82 Å². The molecule has 0 saturated carbocycles. The van der Waals surface area contributed by atoms with Gasteiger partial charge in [-0.15, -0.1) is 5.10 Å². The second kappa shape index (κ2) is 5.94. The maximum absolute atomic E-state index is 13.7. The van der Waals surface area contributed by atoms with E-state index in [0.717, 1.165) is 10.6 Å². The Hall–Kier alpha value is -1.04. The molecule has 1 heterocycles. The van der Waals surface area contributed by atoms with Crippen molar-refractivity contribution >= 4 is 23.1 Å². The van der Waals surface area contributed by atoms with Crippen LogP contribution in [0.3, 0.4) is 0 Å². The molecule has 2 rings (SSSR count). The van der Waals surface area contributed by atoms with Gasteiger partial charge in [-0.05, 0) is 36.0 Å². The van der Waals surface area contributed by atoms with Crippen LogP contribution in [0.2, 0.25) is 5.02 Å². The smallest absolute Gasteiger partial charge is 0.127 e. The number of nitrogens with zero attached hydrogens (tertiary/aromatic N) is 2.